The van der Waals surface area contributed by atoms with Crippen LogP contribution in [-0.4, -0.2) is 68.4 Å². The Morgan fingerprint density at radius 1 is 1.33 bits per heavy atom. The SMILES string of the molecule is CC[C@H](NC(=O)NCCOCCN(C)C)C(=O)O. The first-order valence-corrected chi connectivity index (χ1v) is 5.97. The van der Waals surface area contributed by atoms with Crippen molar-refractivity contribution in [1.29, 1.82) is 0 Å². The van der Waals surface area contributed by atoms with Crippen LogP contribution in [0.2, 0.25) is 0 Å². The predicted octanol–water partition coefficient (Wildman–Crippen LogP) is -0.273. The molecular formula is C11H23N3O4. The van der Waals surface area contributed by atoms with Crippen LogP contribution in [0.15, 0.2) is 0 Å². The van der Waals surface area contributed by atoms with Crippen molar-refractivity contribution in [3.8, 4) is 0 Å². The third-order valence-corrected chi connectivity index (χ3v) is 2.23. The molecule has 0 bridgehead atoms. The van der Waals surface area contributed by atoms with Crippen molar-refractivity contribution in [2.45, 2.75) is 19.4 Å². The second kappa shape index (κ2) is 9.67. The van der Waals surface area contributed by atoms with Crippen LogP contribution >= 0.6 is 0 Å². The van der Waals surface area contributed by atoms with Gasteiger partial charge in [0.15, 0.2) is 0 Å². The fourth-order valence-corrected chi connectivity index (χ4v) is 1.13. The highest BCUT2D eigenvalue weighted by Gasteiger charge is 2.16. The summed E-state index contributed by atoms with van der Waals surface area (Å²) in [6.07, 6.45) is 0.349. The zero-order valence-electron chi connectivity index (χ0n) is 11.2. The highest BCUT2D eigenvalue weighted by atomic mass is 16.5. The van der Waals surface area contributed by atoms with E-state index < -0.39 is 18.0 Å². The number of likely N-dealkylation sites (N-methyl/N-ethyl adjacent to an activating group) is 1. The van der Waals surface area contributed by atoms with Gasteiger partial charge in [0.1, 0.15) is 6.04 Å². The summed E-state index contributed by atoms with van der Waals surface area (Å²) < 4.78 is 5.27. The minimum atomic E-state index is -1.03. The number of hydrogen-bond acceptors (Lipinski definition) is 4. The Labute approximate surface area is 107 Å². The lowest BCUT2D eigenvalue weighted by molar-refractivity contribution is -0.139. The molecule has 2 amide bonds. The molecule has 106 valence electrons. The minimum absolute atomic E-state index is 0.349. The molecule has 18 heavy (non-hydrogen) atoms. The Balaban J connectivity index is 3.56. The van der Waals surface area contributed by atoms with Crippen LogP contribution < -0.4 is 10.6 Å². The molecule has 0 unspecified atom stereocenters. The molecule has 0 aliphatic carbocycles. The molecule has 0 aliphatic heterocycles. The molecule has 0 fully saturated rings. The van der Waals surface area contributed by atoms with Crippen LogP contribution in [0.3, 0.4) is 0 Å². The van der Waals surface area contributed by atoms with E-state index >= 15 is 0 Å². The normalized spacial score (nSPS) is 12.2. The van der Waals surface area contributed by atoms with Gasteiger partial charge in [-0.3, -0.25) is 0 Å². The summed E-state index contributed by atoms with van der Waals surface area (Å²) in [4.78, 5) is 24.0. The van der Waals surface area contributed by atoms with Crippen LogP contribution in [0.25, 0.3) is 0 Å². The van der Waals surface area contributed by atoms with Crippen molar-refractivity contribution in [2.24, 2.45) is 0 Å². The highest BCUT2D eigenvalue weighted by Crippen LogP contribution is 1.90. The largest absolute Gasteiger partial charge is 0.480 e. The van der Waals surface area contributed by atoms with E-state index in [2.05, 4.69) is 10.6 Å². The zero-order chi connectivity index (χ0) is 14.0. The number of nitrogens with zero attached hydrogens (tertiary/aromatic N) is 1. The molecule has 0 radical (unpaired) electrons. The monoisotopic (exact) mass is 261 g/mol. The van der Waals surface area contributed by atoms with Gasteiger partial charge in [-0.1, -0.05) is 6.92 Å². The average Bonchev–Trinajstić information content (AvgIpc) is 2.29. The lowest BCUT2D eigenvalue weighted by Gasteiger charge is -2.13. The standard InChI is InChI=1S/C11H23N3O4/c1-4-9(10(15)16)13-11(17)12-5-7-18-8-6-14(2)3/h9H,4-8H2,1-3H3,(H,15,16)(H2,12,13,17)/t9-/m0/s1. The molecule has 7 nitrogen and oxygen atoms in total. The maximum atomic E-state index is 11.3. The molecule has 0 spiro atoms. The number of ether oxygens (including phenoxy) is 1. The van der Waals surface area contributed by atoms with E-state index in [4.69, 9.17) is 9.84 Å². The summed E-state index contributed by atoms with van der Waals surface area (Å²) in [5.41, 5.74) is 0. The third kappa shape index (κ3) is 8.77. The minimum Gasteiger partial charge on any atom is -0.480 e. The molecule has 3 N–H and O–H groups in total. The van der Waals surface area contributed by atoms with E-state index in [9.17, 15) is 9.59 Å². The van der Waals surface area contributed by atoms with Crippen molar-refractivity contribution in [3.63, 3.8) is 0 Å². The summed E-state index contributed by atoms with van der Waals surface area (Å²) in [5.74, 6) is -1.03. The number of urea groups is 1. The van der Waals surface area contributed by atoms with E-state index in [0.717, 1.165) is 6.54 Å². The Morgan fingerprint density at radius 2 is 2.00 bits per heavy atom. The van der Waals surface area contributed by atoms with Gasteiger partial charge in [0.05, 0.1) is 13.2 Å². The Kier molecular flexibility index (Phi) is 8.95. The van der Waals surface area contributed by atoms with Crippen molar-refractivity contribution in [1.82, 2.24) is 15.5 Å². The van der Waals surface area contributed by atoms with Gasteiger partial charge >= 0.3 is 12.0 Å². The van der Waals surface area contributed by atoms with Gasteiger partial charge in [-0.25, -0.2) is 9.59 Å². The number of carbonyl (C=O) groups is 2. The predicted molar refractivity (Wildman–Crippen MR) is 67.6 cm³/mol. The van der Waals surface area contributed by atoms with E-state index in [0.29, 0.717) is 26.2 Å². The molecule has 0 saturated carbocycles. The molecular weight excluding hydrogens is 238 g/mol. The molecule has 0 aromatic rings. The smallest absolute Gasteiger partial charge is 0.326 e. The van der Waals surface area contributed by atoms with Crippen molar-refractivity contribution in [3.05, 3.63) is 0 Å². The highest BCUT2D eigenvalue weighted by molar-refractivity contribution is 5.82. The van der Waals surface area contributed by atoms with Crippen molar-refractivity contribution in [2.75, 3.05) is 40.4 Å². The van der Waals surface area contributed by atoms with Crippen molar-refractivity contribution < 1.29 is 19.4 Å². The summed E-state index contributed by atoms with van der Waals surface area (Å²) in [7, 11) is 3.90. The van der Waals surface area contributed by atoms with E-state index in [1.54, 1.807) is 6.92 Å². The second-order valence-electron chi connectivity index (χ2n) is 4.11. The fourth-order valence-electron chi connectivity index (χ4n) is 1.13. The first-order valence-electron chi connectivity index (χ1n) is 5.97. The van der Waals surface area contributed by atoms with Gasteiger partial charge in [-0.05, 0) is 20.5 Å². The number of carboxylic acids is 1. The molecule has 1 atom stereocenters. The number of rotatable bonds is 9. The lowest BCUT2D eigenvalue weighted by atomic mass is 10.2. The van der Waals surface area contributed by atoms with E-state index in [-0.39, 0.29) is 0 Å². The molecule has 0 aliphatic rings. The Hall–Kier alpha value is -1.34. The Bertz CT molecular complexity index is 259. The Morgan fingerprint density at radius 3 is 2.50 bits per heavy atom. The number of carboxylic acid groups (broad SMARTS) is 1. The first kappa shape index (κ1) is 16.7. The summed E-state index contributed by atoms with van der Waals surface area (Å²) >= 11 is 0. The number of nitrogens with one attached hydrogen (secondary N) is 2. The third-order valence-electron chi connectivity index (χ3n) is 2.23. The van der Waals surface area contributed by atoms with Crippen LogP contribution in [0, 0.1) is 0 Å². The van der Waals surface area contributed by atoms with Crippen LogP contribution in [0.1, 0.15) is 13.3 Å². The first-order chi connectivity index (χ1) is 8.47. The number of amides is 2. The lowest BCUT2D eigenvalue weighted by Crippen LogP contribution is -2.46. The average molecular weight is 261 g/mol. The molecule has 0 aromatic carbocycles. The topological polar surface area (TPSA) is 90.9 Å². The number of aliphatic carboxylic acids is 1. The molecule has 7 heteroatoms. The van der Waals surface area contributed by atoms with Gasteiger partial charge in [-0.15, -0.1) is 0 Å². The van der Waals surface area contributed by atoms with Gasteiger partial charge in [0.2, 0.25) is 0 Å². The van der Waals surface area contributed by atoms with E-state index in [1.165, 1.54) is 0 Å². The van der Waals surface area contributed by atoms with Gasteiger partial charge in [0.25, 0.3) is 0 Å². The molecule has 0 saturated heterocycles. The van der Waals surface area contributed by atoms with Gasteiger partial charge in [0, 0.05) is 13.1 Å². The quantitative estimate of drug-likeness (QED) is 0.497. The summed E-state index contributed by atoms with van der Waals surface area (Å²) in [6, 6.07) is -1.33. The van der Waals surface area contributed by atoms with Crippen LogP contribution in [-0.2, 0) is 9.53 Å². The number of carbonyl (C=O) groups excluding carboxylic acids is 1. The molecule has 0 heterocycles. The maximum absolute atomic E-state index is 11.3. The van der Waals surface area contributed by atoms with Gasteiger partial charge in [-0.2, -0.15) is 0 Å². The zero-order valence-corrected chi connectivity index (χ0v) is 11.2. The number of hydrogen-bond donors (Lipinski definition) is 3. The van der Waals surface area contributed by atoms with Crippen molar-refractivity contribution >= 4 is 12.0 Å². The van der Waals surface area contributed by atoms with Crippen LogP contribution in [0.5, 0.6) is 0 Å². The summed E-state index contributed by atoms with van der Waals surface area (Å²) in [5, 5.41) is 13.6. The van der Waals surface area contributed by atoms with Crippen LogP contribution in [0.4, 0.5) is 4.79 Å². The molecule has 0 rings (SSSR count). The van der Waals surface area contributed by atoms with E-state index in [1.807, 2.05) is 19.0 Å². The summed E-state index contributed by atoms with van der Waals surface area (Å²) in [6.45, 7) is 3.88. The fraction of sp³-hybridized carbons (Fsp3) is 0.818. The maximum Gasteiger partial charge on any atom is 0.326 e. The second-order valence-corrected chi connectivity index (χ2v) is 4.11. The molecule has 0 aromatic heterocycles. The van der Waals surface area contributed by atoms with Gasteiger partial charge < -0.3 is 25.4 Å².